The van der Waals surface area contributed by atoms with E-state index in [2.05, 4.69) is 0 Å². The molecule has 0 saturated carbocycles. The van der Waals surface area contributed by atoms with Gasteiger partial charge in [-0.15, -0.1) is 0 Å². The number of hydrogen-bond acceptors (Lipinski definition) is 3. The van der Waals surface area contributed by atoms with E-state index in [1.54, 1.807) is 0 Å². The van der Waals surface area contributed by atoms with Crippen LogP contribution in [0.1, 0.15) is 37.7 Å². The minimum atomic E-state index is 0.0806. The van der Waals surface area contributed by atoms with E-state index in [1.807, 2.05) is 36.1 Å². The lowest BCUT2D eigenvalue weighted by molar-refractivity contribution is -0.122. The predicted molar refractivity (Wildman–Crippen MR) is 85.4 cm³/mol. The average Bonchev–Trinajstić information content (AvgIpc) is 2.50. The van der Waals surface area contributed by atoms with Gasteiger partial charge < -0.3 is 15.4 Å². The summed E-state index contributed by atoms with van der Waals surface area (Å²) in [6.07, 6.45) is 4.62. The Morgan fingerprint density at radius 3 is 2.71 bits per heavy atom. The highest BCUT2D eigenvalue weighted by molar-refractivity contribution is 5.93. The molecule has 2 N–H and O–H groups in total. The molecule has 21 heavy (non-hydrogen) atoms. The molecule has 0 aliphatic carbocycles. The van der Waals surface area contributed by atoms with Gasteiger partial charge in [-0.2, -0.15) is 0 Å². The number of carbonyl (C=O) groups excluding carboxylic acids is 1. The van der Waals surface area contributed by atoms with Gasteiger partial charge >= 0.3 is 0 Å². The fourth-order valence-corrected chi connectivity index (χ4v) is 2.65. The van der Waals surface area contributed by atoms with Gasteiger partial charge in [0.15, 0.2) is 0 Å². The summed E-state index contributed by atoms with van der Waals surface area (Å²) in [5.41, 5.74) is 7.75. The molecule has 1 aromatic carbocycles. The number of nitrogens with zero attached hydrogens (tertiary/aromatic N) is 1. The van der Waals surface area contributed by atoms with Crippen LogP contribution in [0.15, 0.2) is 24.3 Å². The van der Waals surface area contributed by atoms with E-state index in [-0.39, 0.29) is 12.0 Å². The number of nitrogens with two attached hydrogens (primary N) is 1. The monoisotopic (exact) mass is 290 g/mol. The lowest BCUT2D eigenvalue weighted by atomic mass is 10.1. The van der Waals surface area contributed by atoms with Gasteiger partial charge in [0.2, 0.25) is 5.91 Å². The van der Waals surface area contributed by atoms with Crippen molar-refractivity contribution in [2.75, 3.05) is 24.6 Å². The number of carbonyl (C=O) groups is 1. The zero-order valence-corrected chi connectivity index (χ0v) is 12.9. The van der Waals surface area contributed by atoms with Crippen molar-refractivity contribution in [2.24, 2.45) is 5.73 Å². The Morgan fingerprint density at radius 1 is 1.33 bits per heavy atom. The number of benzene rings is 1. The minimum absolute atomic E-state index is 0.0806. The van der Waals surface area contributed by atoms with Gasteiger partial charge in [-0.1, -0.05) is 17.7 Å². The van der Waals surface area contributed by atoms with Crippen molar-refractivity contribution in [1.82, 2.24) is 0 Å². The second kappa shape index (κ2) is 8.15. The van der Waals surface area contributed by atoms with Crippen LogP contribution in [0.4, 0.5) is 5.69 Å². The largest absolute Gasteiger partial charge is 0.378 e. The van der Waals surface area contributed by atoms with E-state index in [4.69, 9.17) is 10.5 Å². The maximum Gasteiger partial charge on any atom is 0.229 e. The van der Waals surface area contributed by atoms with Crippen LogP contribution in [-0.2, 0) is 9.53 Å². The molecule has 4 nitrogen and oxygen atoms in total. The first-order valence-electron chi connectivity index (χ1n) is 7.89. The molecule has 1 fully saturated rings. The van der Waals surface area contributed by atoms with Crippen LogP contribution >= 0.6 is 0 Å². The summed E-state index contributed by atoms with van der Waals surface area (Å²) < 4.78 is 5.69. The molecule has 1 aliphatic rings. The third-order valence-corrected chi connectivity index (χ3v) is 3.91. The second-order valence-electron chi connectivity index (χ2n) is 5.72. The van der Waals surface area contributed by atoms with Crippen LogP contribution in [0.2, 0.25) is 0 Å². The Hall–Kier alpha value is -1.39. The fourth-order valence-electron chi connectivity index (χ4n) is 2.65. The van der Waals surface area contributed by atoms with Gasteiger partial charge in [-0.25, -0.2) is 0 Å². The Balaban J connectivity index is 2.03. The van der Waals surface area contributed by atoms with Crippen molar-refractivity contribution in [3.8, 4) is 0 Å². The van der Waals surface area contributed by atoms with Crippen molar-refractivity contribution in [1.29, 1.82) is 0 Å². The van der Waals surface area contributed by atoms with E-state index in [0.29, 0.717) is 19.5 Å². The number of ether oxygens (including phenoxy) is 1. The first-order chi connectivity index (χ1) is 10.2. The highest BCUT2D eigenvalue weighted by atomic mass is 16.5. The molecule has 2 rings (SSSR count). The average molecular weight is 290 g/mol. The molecular formula is C17H26N2O2. The number of rotatable bonds is 6. The van der Waals surface area contributed by atoms with Crippen molar-refractivity contribution in [3.63, 3.8) is 0 Å². The Kier molecular flexibility index (Phi) is 6.21. The Morgan fingerprint density at radius 2 is 2.10 bits per heavy atom. The Bertz CT molecular complexity index is 439. The summed E-state index contributed by atoms with van der Waals surface area (Å²) in [5, 5.41) is 0. The first-order valence-corrected chi connectivity index (χ1v) is 7.89. The van der Waals surface area contributed by atoms with Crippen molar-refractivity contribution in [2.45, 2.75) is 45.1 Å². The molecule has 0 radical (unpaired) electrons. The molecule has 1 atom stereocenters. The van der Waals surface area contributed by atoms with Crippen LogP contribution in [0.25, 0.3) is 0 Å². The summed E-state index contributed by atoms with van der Waals surface area (Å²) in [7, 11) is 0. The fraction of sp³-hybridized carbons (Fsp3) is 0.588. The zero-order valence-electron chi connectivity index (χ0n) is 12.9. The normalized spacial score (nSPS) is 18.5. The number of anilines is 1. The van der Waals surface area contributed by atoms with Crippen LogP contribution in [0, 0.1) is 6.92 Å². The van der Waals surface area contributed by atoms with E-state index in [1.165, 1.54) is 5.56 Å². The van der Waals surface area contributed by atoms with E-state index in [0.717, 1.165) is 38.0 Å². The Labute approximate surface area is 127 Å². The third kappa shape index (κ3) is 4.83. The smallest absolute Gasteiger partial charge is 0.229 e. The molecule has 0 spiro atoms. The van der Waals surface area contributed by atoms with Crippen molar-refractivity contribution in [3.05, 3.63) is 29.8 Å². The van der Waals surface area contributed by atoms with Crippen LogP contribution < -0.4 is 10.6 Å². The number of hydrogen-bond donors (Lipinski definition) is 1. The van der Waals surface area contributed by atoms with Gasteiger partial charge in [0.1, 0.15) is 0 Å². The number of aryl methyl sites for hydroxylation is 1. The third-order valence-electron chi connectivity index (χ3n) is 3.91. The maximum absolute atomic E-state index is 12.6. The minimum Gasteiger partial charge on any atom is -0.378 e. The van der Waals surface area contributed by atoms with E-state index >= 15 is 0 Å². The van der Waals surface area contributed by atoms with Gasteiger partial charge in [0, 0.05) is 18.8 Å². The van der Waals surface area contributed by atoms with Gasteiger partial charge in [-0.05, 0) is 51.3 Å². The SMILES string of the molecule is Cc1ccc(N(CCCN)C(=O)CC2CCCCO2)cc1. The molecule has 1 heterocycles. The van der Waals surface area contributed by atoms with Crippen molar-refractivity contribution >= 4 is 11.6 Å². The summed E-state index contributed by atoms with van der Waals surface area (Å²) in [6.45, 7) is 4.09. The van der Waals surface area contributed by atoms with E-state index < -0.39 is 0 Å². The quantitative estimate of drug-likeness (QED) is 0.876. The molecule has 0 aromatic heterocycles. The lowest BCUT2D eigenvalue weighted by Crippen LogP contribution is -2.36. The van der Waals surface area contributed by atoms with Gasteiger partial charge in [-0.3, -0.25) is 4.79 Å². The summed E-state index contributed by atoms with van der Waals surface area (Å²) in [4.78, 5) is 14.5. The topological polar surface area (TPSA) is 55.6 Å². The molecular weight excluding hydrogens is 264 g/mol. The standard InChI is InChI=1S/C17H26N2O2/c1-14-6-8-15(9-7-14)19(11-4-10-18)17(20)13-16-5-2-3-12-21-16/h6-9,16H,2-5,10-13,18H2,1H3. The second-order valence-corrected chi connectivity index (χ2v) is 5.72. The molecule has 1 unspecified atom stereocenters. The van der Waals surface area contributed by atoms with Gasteiger partial charge in [0.25, 0.3) is 0 Å². The predicted octanol–water partition coefficient (Wildman–Crippen LogP) is 2.64. The van der Waals surface area contributed by atoms with Crippen molar-refractivity contribution < 1.29 is 9.53 Å². The van der Waals surface area contributed by atoms with Crippen LogP contribution in [-0.4, -0.2) is 31.7 Å². The molecule has 4 heteroatoms. The molecule has 1 saturated heterocycles. The highest BCUT2D eigenvalue weighted by Gasteiger charge is 2.22. The molecule has 116 valence electrons. The van der Waals surface area contributed by atoms with Crippen LogP contribution in [0.3, 0.4) is 0 Å². The zero-order chi connectivity index (χ0) is 15.1. The molecule has 1 aliphatic heterocycles. The molecule has 0 bridgehead atoms. The highest BCUT2D eigenvalue weighted by Crippen LogP contribution is 2.21. The summed E-state index contributed by atoms with van der Waals surface area (Å²) >= 11 is 0. The maximum atomic E-state index is 12.6. The first kappa shape index (κ1) is 16.0. The summed E-state index contributed by atoms with van der Waals surface area (Å²) in [5.74, 6) is 0.138. The summed E-state index contributed by atoms with van der Waals surface area (Å²) in [6, 6.07) is 8.08. The van der Waals surface area contributed by atoms with Crippen LogP contribution in [0.5, 0.6) is 0 Å². The number of amides is 1. The van der Waals surface area contributed by atoms with E-state index in [9.17, 15) is 4.79 Å². The van der Waals surface area contributed by atoms with Gasteiger partial charge in [0.05, 0.1) is 12.5 Å². The molecule has 1 amide bonds. The lowest BCUT2D eigenvalue weighted by Gasteiger charge is -2.27. The molecule has 1 aromatic rings.